The number of benzene rings is 1. The number of fused-ring (bicyclic) bond motifs is 1. The first-order valence-electron chi connectivity index (χ1n) is 8.09. The molecule has 0 amide bonds. The van der Waals surface area contributed by atoms with Gasteiger partial charge in [-0.2, -0.15) is 0 Å². The molecule has 0 aliphatic rings. The largest absolute Gasteiger partial charge is 0.348 e. The minimum Gasteiger partial charge on any atom is -0.348 e. The Morgan fingerprint density at radius 3 is 2.69 bits per heavy atom. The Kier molecular flexibility index (Phi) is 4.61. The molecule has 4 rings (SSSR count). The van der Waals surface area contributed by atoms with Gasteiger partial charge >= 0.3 is 0 Å². The van der Waals surface area contributed by atoms with Crippen molar-refractivity contribution in [3.63, 3.8) is 0 Å². The van der Waals surface area contributed by atoms with Gasteiger partial charge in [0.05, 0.1) is 27.4 Å². The molecule has 0 aliphatic heterocycles. The van der Waals surface area contributed by atoms with Crippen LogP contribution in [0.15, 0.2) is 65.5 Å². The summed E-state index contributed by atoms with van der Waals surface area (Å²) in [5.74, 6) is 0.552. The van der Waals surface area contributed by atoms with E-state index in [-0.39, 0.29) is 6.04 Å². The SMILES string of the molecule is C[C@H](Nc1ncc(Br)c(-c2cnc3c(Cl)cccn23)n1)c1ccccc1. The molecule has 1 aromatic carbocycles. The Hall–Kier alpha value is -2.44. The number of nitrogens with zero attached hydrogens (tertiary/aromatic N) is 4. The zero-order valence-corrected chi connectivity index (χ0v) is 16.2. The van der Waals surface area contributed by atoms with Crippen LogP contribution >= 0.6 is 27.5 Å². The van der Waals surface area contributed by atoms with Gasteiger partial charge in [-0.05, 0) is 40.5 Å². The van der Waals surface area contributed by atoms with E-state index in [9.17, 15) is 0 Å². The van der Waals surface area contributed by atoms with Crippen molar-refractivity contribution < 1.29 is 0 Å². The van der Waals surface area contributed by atoms with Gasteiger partial charge in [-0.1, -0.05) is 41.9 Å². The highest BCUT2D eigenvalue weighted by Gasteiger charge is 2.15. The molecule has 26 heavy (non-hydrogen) atoms. The lowest BCUT2D eigenvalue weighted by molar-refractivity contribution is 0.860. The van der Waals surface area contributed by atoms with Gasteiger partial charge in [0, 0.05) is 12.4 Å². The van der Waals surface area contributed by atoms with Gasteiger partial charge < -0.3 is 5.32 Å². The highest BCUT2D eigenvalue weighted by Crippen LogP contribution is 2.29. The van der Waals surface area contributed by atoms with Crippen molar-refractivity contribution in [3.05, 3.63) is 76.1 Å². The quantitative estimate of drug-likeness (QED) is 0.474. The Balaban J connectivity index is 1.71. The number of imidazole rings is 1. The van der Waals surface area contributed by atoms with Gasteiger partial charge in [0.15, 0.2) is 5.65 Å². The third-order valence-corrected chi connectivity index (χ3v) is 5.00. The van der Waals surface area contributed by atoms with Crippen LogP contribution in [-0.2, 0) is 0 Å². The number of pyridine rings is 1. The molecule has 0 unspecified atom stereocenters. The third-order valence-electron chi connectivity index (χ3n) is 4.12. The minimum absolute atomic E-state index is 0.0851. The average Bonchev–Trinajstić information content (AvgIpc) is 3.09. The molecule has 0 fully saturated rings. The first-order chi connectivity index (χ1) is 12.6. The fourth-order valence-electron chi connectivity index (χ4n) is 2.79. The standard InChI is InChI=1S/C19H15BrClN5/c1-12(13-6-3-2-4-7-13)24-19-23-10-14(20)17(25-19)16-11-22-18-15(21)8-5-9-26(16)18/h2-12H,1H3,(H,23,24,25)/t12-/m0/s1. The number of anilines is 1. The van der Waals surface area contributed by atoms with Crippen LogP contribution < -0.4 is 5.32 Å². The zero-order valence-electron chi connectivity index (χ0n) is 13.9. The molecule has 7 heteroatoms. The third kappa shape index (κ3) is 3.18. The average molecular weight is 429 g/mol. The van der Waals surface area contributed by atoms with Gasteiger partial charge in [-0.3, -0.25) is 4.40 Å². The number of hydrogen-bond acceptors (Lipinski definition) is 4. The van der Waals surface area contributed by atoms with E-state index >= 15 is 0 Å². The molecule has 0 spiro atoms. The number of aromatic nitrogens is 4. The lowest BCUT2D eigenvalue weighted by Gasteiger charge is -2.15. The Labute approximate surface area is 164 Å². The summed E-state index contributed by atoms with van der Waals surface area (Å²) < 4.78 is 2.71. The van der Waals surface area contributed by atoms with Crippen LogP contribution in [0.25, 0.3) is 17.0 Å². The highest BCUT2D eigenvalue weighted by atomic mass is 79.9. The minimum atomic E-state index is 0.0851. The Morgan fingerprint density at radius 1 is 1.08 bits per heavy atom. The van der Waals surface area contributed by atoms with E-state index in [1.54, 1.807) is 12.4 Å². The van der Waals surface area contributed by atoms with Crippen LogP contribution in [0.3, 0.4) is 0 Å². The number of nitrogens with one attached hydrogen (secondary N) is 1. The van der Waals surface area contributed by atoms with E-state index in [4.69, 9.17) is 11.6 Å². The van der Waals surface area contributed by atoms with Crippen molar-refractivity contribution >= 4 is 39.1 Å². The van der Waals surface area contributed by atoms with E-state index in [0.29, 0.717) is 16.6 Å². The first-order valence-corrected chi connectivity index (χ1v) is 9.26. The van der Waals surface area contributed by atoms with Crippen LogP contribution in [0.1, 0.15) is 18.5 Å². The molecule has 130 valence electrons. The van der Waals surface area contributed by atoms with Gasteiger partial charge in [-0.25, -0.2) is 15.0 Å². The number of hydrogen-bond donors (Lipinski definition) is 1. The molecule has 0 aliphatic carbocycles. The molecule has 4 aromatic rings. The Morgan fingerprint density at radius 2 is 1.88 bits per heavy atom. The highest BCUT2D eigenvalue weighted by molar-refractivity contribution is 9.10. The summed E-state index contributed by atoms with van der Waals surface area (Å²) in [5, 5.41) is 3.95. The van der Waals surface area contributed by atoms with Gasteiger partial charge in [0.1, 0.15) is 5.69 Å². The zero-order chi connectivity index (χ0) is 18.1. The second-order valence-electron chi connectivity index (χ2n) is 5.86. The second kappa shape index (κ2) is 7.05. The van der Waals surface area contributed by atoms with Crippen molar-refractivity contribution in [2.45, 2.75) is 13.0 Å². The van der Waals surface area contributed by atoms with Crippen LogP contribution in [-0.4, -0.2) is 19.4 Å². The molecular formula is C19H15BrClN5. The Bertz CT molecular complexity index is 1060. The smallest absolute Gasteiger partial charge is 0.223 e. The van der Waals surface area contributed by atoms with E-state index in [0.717, 1.165) is 15.9 Å². The van der Waals surface area contributed by atoms with Crippen molar-refractivity contribution in [1.29, 1.82) is 0 Å². The molecule has 1 atom stereocenters. The van der Waals surface area contributed by atoms with Crippen molar-refractivity contribution in [3.8, 4) is 11.4 Å². The molecule has 0 radical (unpaired) electrons. The summed E-state index contributed by atoms with van der Waals surface area (Å²) in [7, 11) is 0. The van der Waals surface area contributed by atoms with Crippen molar-refractivity contribution in [2.75, 3.05) is 5.32 Å². The van der Waals surface area contributed by atoms with Crippen LogP contribution in [0.4, 0.5) is 5.95 Å². The van der Waals surface area contributed by atoms with Gasteiger partial charge in [0.25, 0.3) is 0 Å². The lowest BCUT2D eigenvalue weighted by Crippen LogP contribution is -2.10. The van der Waals surface area contributed by atoms with E-state index in [1.165, 1.54) is 5.56 Å². The molecule has 5 nitrogen and oxygen atoms in total. The van der Waals surface area contributed by atoms with Gasteiger partial charge in [0.2, 0.25) is 5.95 Å². The van der Waals surface area contributed by atoms with Gasteiger partial charge in [-0.15, -0.1) is 0 Å². The molecule has 3 aromatic heterocycles. The maximum absolute atomic E-state index is 6.23. The van der Waals surface area contributed by atoms with E-state index < -0.39 is 0 Å². The topological polar surface area (TPSA) is 55.1 Å². The predicted molar refractivity (Wildman–Crippen MR) is 107 cm³/mol. The van der Waals surface area contributed by atoms with Crippen LogP contribution in [0, 0.1) is 0 Å². The molecule has 0 saturated carbocycles. The summed E-state index contributed by atoms with van der Waals surface area (Å²) in [6, 6.07) is 14.0. The summed E-state index contributed by atoms with van der Waals surface area (Å²) in [5.41, 5.74) is 3.45. The van der Waals surface area contributed by atoms with Crippen LogP contribution in [0.2, 0.25) is 5.02 Å². The molecule has 3 heterocycles. The summed E-state index contributed by atoms with van der Waals surface area (Å²) >= 11 is 9.77. The lowest BCUT2D eigenvalue weighted by atomic mass is 10.1. The fourth-order valence-corrected chi connectivity index (χ4v) is 3.39. The normalized spacial score (nSPS) is 12.3. The van der Waals surface area contributed by atoms with E-state index in [2.05, 4.69) is 55.3 Å². The molecule has 0 bridgehead atoms. The fraction of sp³-hybridized carbons (Fsp3) is 0.105. The maximum Gasteiger partial charge on any atom is 0.223 e. The summed E-state index contributed by atoms with van der Waals surface area (Å²) in [6.07, 6.45) is 5.42. The molecule has 0 saturated heterocycles. The number of halogens is 2. The van der Waals surface area contributed by atoms with E-state index in [1.807, 2.05) is 40.9 Å². The van der Waals surface area contributed by atoms with Crippen LogP contribution in [0.5, 0.6) is 0 Å². The summed E-state index contributed by atoms with van der Waals surface area (Å²) in [4.78, 5) is 13.5. The van der Waals surface area contributed by atoms with Crippen molar-refractivity contribution in [1.82, 2.24) is 19.4 Å². The number of rotatable bonds is 4. The molecule has 1 N–H and O–H groups in total. The van der Waals surface area contributed by atoms with Crippen molar-refractivity contribution in [2.24, 2.45) is 0 Å². The first kappa shape index (κ1) is 17.0. The summed E-state index contributed by atoms with van der Waals surface area (Å²) in [6.45, 7) is 2.08. The maximum atomic E-state index is 6.23. The monoisotopic (exact) mass is 427 g/mol. The second-order valence-corrected chi connectivity index (χ2v) is 7.12. The molecular weight excluding hydrogens is 414 g/mol. The predicted octanol–water partition coefficient (Wildman–Crippen LogP) is 5.38.